The molecule has 1 unspecified atom stereocenters. The first kappa shape index (κ1) is 15.1. The number of fused-ring (bicyclic) bond motifs is 1. The predicted octanol–water partition coefficient (Wildman–Crippen LogP) is 5.26. The number of nitrogens with one attached hydrogen (secondary N) is 1. The first-order valence-electron chi connectivity index (χ1n) is 9.00. The summed E-state index contributed by atoms with van der Waals surface area (Å²) in [7, 11) is 0. The molecule has 0 saturated heterocycles. The maximum atomic E-state index is 3.97. The summed E-state index contributed by atoms with van der Waals surface area (Å²) in [5.74, 6) is 0.823. The Morgan fingerprint density at radius 1 is 1.14 bits per heavy atom. The Labute approximate surface area is 130 Å². The van der Waals surface area contributed by atoms with Crippen LogP contribution in [0.25, 0.3) is 0 Å². The van der Waals surface area contributed by atoms with Crippen LogP contribution in [0.3, 0.4) is 0 Å². The van der Waals surface area contributed by atoms with Gasteiger partial charge < -0.3 is 5.32 Å². The summed E-state index contributed by atoms with van der Waals surface area (Å²) in [5.41, 5.74) is 3.73. The fraction of sp³-hybridized carbons (Fsp3) is 0.700. The number of aryl methyl sites for hydroxylation is 1. The van der Waals surface area contributed by atoms with Crippen molar-refractivity contribution < 1.29 is 0 Å². The normalized spacial score (nSPS) is 24.2. The van der Waals surface area contributed by atoms with Crippen LogP contribution in [0, 0.1) is 11.3 Å². The Kier molecular flexibility index (Phi) is 4.69. The van der Waals surface area contributed by atoms with Gasteiger partial charge in [0.2, 0.25) is 0 Å². The molecule has 0 heterocycles. The largest absolute Gasteiger partial charge is 0.309 e. The van der Waals surface area contributed by atoms with Crippen molar-refractivity contribution in [3.05, 3.63) is 35.4 Å². The molecule has 1 heteroatoms. The lowest BCUT2D eigenvalue weighted by Gasteiger charge is -2.35. The van der Waals surface area contributed by atoms with Crippen molar-refractivity contribution >= 4 is 0 Å². The van der Waals surface area contributed by atoms with Crippen LogP contribution in [0.1, 0.15) is 76.0 Å². The van der Waals surface area contributed by atoms with E-state index in [1.54, 1.807) is 11.1 Å². The summed E-state index contributed by atoms with van der Waals surface area (Å²) in [5, 5.41) is 3.97. The van der Waals surface area contributed by atoms with Crippen molar-refractivity contribution in [2.45, 2.75) is 71.3 Å². The van der Waals surface area contributed by atoms with E-state index in [9.17, 15) is 0 Å². The first-order chi connectivity index (χ1) is 10.2. The zero-order chi connectivity index (χ0) is 14.7. The molecule has 0 bridgehead atoms. The van der Waals surface area contributed by atoms with Crippen LogP contribution in [0.4, 0.5) is 0 Å². The van der Waals surface area contributed by atoms with Crippen molar-refractivity contribution in [2.75, 3.05) is 6.54 Å². The van der Waals surface area contributed by atoms with E-state index in [0.717, 1.165) is 5.92 Å². The van der Waals surface area contributed by atoms with E-state index < -0.39 is 0 Å². The summed E-state index contributed by atoms with van der Waals surface area (Å²) in [4.78, 5) is 0. The topological polar surface area (TPSA) is 12.0 Å². The van der Waals surface area contributed by atoms with Crippen molar-refractivity contribution in [1.29, 1.82) is 0 Å². The Hall–Kier alpha value is -0.820. The minimum atomic E-state index is 0.584. The fourth-order valence-corrected chi connectivity index (χ4v) is 4.75. The third-order valence-electron chi connectivity index (χ3n) is 5.60. The molecule has 1 nitrogen and oxygen atoms in total. The van der Waals surface area contributed by atoms with Gasteiger partial charge in [-0.25, -0.2) is 0 Å². The molecule has 0 spiro atoms. The lowest BCUT2D eigenvalue weighted by Crippen LogP contribution is -2.36. The van der Waals surface area contributed by atoms with Gasteiger partial charge >= 0.3 is 0 Å². The van der Waals surface area contributed by atoms with Gasteiger partial charge in [0.25, 0.3) is 0 Å². The standard InChI is InChI=1S/C20H31N/c1-16(2)14-20(12-5-6-13-20)15-21-19-11-7-9-17-8-3-4-10-18(17)19/h3-4,8,10,16,19,21H,5-7,9,11-15H2,1-2H3. The number of rotatable bonds is 5. The summed E-state index contributed by atoms with van der Waals surface area (Å²) in [6, 6.07) is 9.66. The molecule has 2 aliphatic rings. The van der Waals surface area contributed by atoms with Crippen LogP contribution >= 0.6 is 0 Å². The zero-order valence-electron chi connectivity index (χ0n) is 13.8. The van der Waals surface area contributed by atoms with Gasteiger partial charge in [0.15, 0.2) is 0 Å². The molecule has 0 amide bonds. The van der Waals surface area contributed by atoms with Crippen LogP contribution in [0.5, 0.6) is 0 Å². The molecule has 1 N–H and O–H groups in total. The van der Waals surface area contributed by atoms with Gasteiger partial charge in [0.1, 0.15) is 0 Å². The van der Waals surface area contributed by atoms with E-state index >= 15 is 0 Å². The molecule has 1 aromatic carbocycles. The molecule has 3 rings (SSSR count). The van der Waals surface area contributed by atoms with E-state index in [1.807, 2.05) is 0 Å². The highest BCUT2D eigenvalue weighted by Crippen LogP contribution is 2.43. The van der Waals surface area contributed by atoms with Gasteiger partial charge in [-0.05, 0) is 61.0 Å². The van der Waals surface area contributed by atoms with Crippen molar-refractivity contribution in [2.24, 2.45) is 11.3 Å². The van der Waals surface area contributed by atoms with Crippen LogP contribution in [0.2, 0.25) is 0 Å². The van der Waals surface area contributed by atoms with Gasteiger partial charge in [0.05, 0.1) is 0 Å². The molecule has 0 aliphatic heterocycles. The minimum absolute atomic E-state index is 0.584. The van der Waals surface area contributed by atoms with E-state index in [-0.39, 0.29) is 0 Å². The molecule has 1 atom stereocenters. The summed E-state index contributed by atoms with van der Waals surface area (Å²) < 4.78 is 0. The fourth-order valence-electron chi connectivity index (χ4n) is 4.75. The summed E-state index contributed by atoms with van der Waals surface area (Å²) in [6.45, 7) is 6.00. The van der Waals surface area contributed by atoms with E-state index in [2.05, 4.69) is 43.4 Å². The minimum Gasteiger partial charge on any atom is -0.309 e. The van der Waals surface area contributed by atoms with Gasteiger partial charge in [-0.15, -0.1) is 0 Å². The first-order valence-corrected chi connectivity index (χ1v) is 9.00. The smallest absolute Gasteiger partial charge is 0.0323 e. The molecule has 1 fully saturated rings. The molecular formula is C20H31N. The van der Waals surface area contributed by atoms with E-state index in [4.69, 9.17) is 0 Å². The van der Waals surface area contributed by atoms with Crippen molar-refractivity contribution in [3.63, 3.8) is 0 Å². The highest BCUT2D eigenvalue weighted by atomic mass is 14.9. The lowest BCUT2D eigenvalue weighted by atomic mass is 9.78. The second-order valence-corrected chi connectivity index (χ2v) is 7.83. The van der Waals surface area contributed by atoms with Gasteiger partial charge in [0, 0.05) is 12.6 Å². The number of benzene rings is 1. The monoisotopic (exact) mass is 285 g/mol. The van der Waals surface area contributed by atoms with Crippen LogP contribution < -0.4 is 5.32 Å². The van der Waals surface area contributed by atoms with E-state index in [1.165, 1.54) is 57.9 Å². The molecule has 2 aliphatic carbocycles. The third-order valence-corrected chi connectivity index (χ3v) is 5.60. The average Bonchev–Trinajstić information content (AvgIpc) is 2.93. The van der Waals surface area contributed by atoms with Crippen molar-refractivity contribution in [1.82, 2.24) is 5.32 Å². The average molecular weight is 285 g/mol. The van der Waals surface area contributed by atoms with Crippen LogP contribution in [0.15, 0.2) is 24.3 Å². The van der Waals surface area contributed by atoms with Gasteiger partial charge in [-0.1, -0.05) is 51.0 Å². The molecular weight excluding hydrogens is 254 g/mol. The van der Waals surface area contributed by atoms with Crippen molar-refractivity contribution in [3.8, 4) is 0 Å². The third kappa shape index (κ3) is 3.51. The predicted molar refractivity (Wildman–Crippen MR) is 90.5 cm³/mol. The van der Waals surface area contributed by atoms with Gasteiger partial charge in [-0.2, -0.15) is 0 Å². The quantitative estimate of drug-likeness (QED) is 0.778. The maximum Gasteiger partial charge on any atom is 0.0323 e. The summed E-state index contributed by atoms with van der Waals surface area (Å²) in [6.07, 6.45) is 11.1. The Bertz CT molecular complexity index is 457. The van der Waals surface area contributed by atoms with Crippen LogP contribution in [-0.2, 0) is 6.42 Å². The molecule has 1 saturated carbocycles. The van der Waals surface area contributed by atoms with Gasteiger partial charge in [-0.3, -0.25) is 0 Å². The second kappa shape index (κ2) is 6.52. The second-order valence-electron chi connectivity index (χ2n) is 7.83. The Balaban J connectivity index is 1.67. The Morgan fingerprint density at radius 2 is 1.90 bits per heavy atom. The van der Waals surface area contributed by atoms with Crippen LogP contribution in [-0.4, -0.2) is 6.54 Å². The highest BCUT2D eigenvalue weighted by Gasteiger charge is 2.35. The highest BCUT2D eigenvalue weighted by molar-refractivity contribution is 5.32. The lowest BCUT2D eigenvalue weighted by molar-refractivity contribution is 0.211. The SMILES string of the molecule is CC(C)CC1(CNC2CCCc3ccccc32)CCCC1. The molecule has 0 radical (unpaired) electrons. The number of hydrogen-bond donors (Lipinski definition) is 1. The molecule has 0 aromatic heterocycles. The zero-order valence-corrected chi connectivity index (χ0v) is 13.8. The molecule has 1 aromatic rings. The maximum absolute atomic E-state index is 3.97. The number of hydrogen-bond acceptors (Lipinski definition) is 1. The Morgan fingerprint density at radius 3 is 2.67 bits per heavy atom. The van der Waals surface area contributed by atoms with E-state index in [0.29, 0.717) is 11.5 Å². The molecule has 21 heavy (non-hydrogen) atoms. The summed E-state index contributed by atoms with van der Waals surface area (Å²) >= 11 is 0. The molecule has 116 valence electrons.